The van der Waals surface area contributed by atoms with Gasteiger partial charge in [0.25, 0.3) is 5.91 Å². The zero-order valence-corrected chi connectivity index (χ0v) is 16.2. The Morgan fingerprint density at radius 1 is 1.15 bits per heavy atom. The SMILES string of the molecule is CCn1c(C)cc(C(=O)N2CC(=O)N(c3ccc(C)cc3)C[C@@H]2C)c1C. The predicted molar refractivity (Wildman–Crippen MR) is 104 cm³/mol. The summed E-state index contributed by atoms with van der Waals surface area (Å²) in [6.45, 7) is 11.5. The minimum absolute atomic E-state index is 0.0359. The lowest BCUT2D eigenvalue weighted by molar-refractivity contribution is -0.121. The lowest BCUT2D eigenvalue weighted by atomic mass is 10.1. The van der Waals surface area contributed by atoms with Gasteiger partial charge >= 0.3 is 0 Å². The molecule has 1 aromatic carbocycles. The van der Waals surface area contributed by atoms with Crippen LogP contribution in [0.5, 0.6) is 0 Å². The van der Waals surface area contributed by atoms with Crippen LogP contribution in [0.25, 0.3) is 0 Å². The largest absolute Gasteiger partial charge is 0.349 e. The van der Waals surface area contributed by atoms with Gasteiger partial charge in [-0.2, -0.15) is 0 Å². The molecule has 1 aliphatic rings. The molecule has 0 spiro atoms. The number of aryl methyl sites for hydroxylation is 2. The van der Waals surface area contributed by atoms with E-state index in [1.54, 1.807) is 9.80 Å². The maximum absolute atomic E-state index is 13.1. The van der Waals surface area contributed by atoms with Crippen LogP contribution in [0.4, 0.5) is 5.69 Å². The van der Waals surface area contributed by atoms with Crippen molar-refractivity contribution in [3.63, 3.8) is 0 Å². The highest BCUT2D eigenvalue weighted by Gasteiger charge is 2.34. The van der Waals surface area contributed by atoms with Gasteiger partial charge in [0.15, 0.2) is 0 Å². The summed E-state index contributed by atoms with van der Waals surface area (Å²) in [4.78, 5) is 29.3. The van der Waals surface area contributed by atoms with E-state index < -0.39 is 0 Å². The first-order valence-corrected chi connectivity index (χ1v) is 9.18. The quantitative estimate of drug-likeness (QED) is 0.850. The van der Waals surface area contributed by atoms with E-state index in [-0.39, 0.29) is 24.4 Å². The van der Waals surface area contributed by atoms with E-state index in [2.05, 4.69) is 11.5 Å². The number of anilines is 1. The fourth-order valence-electron chi connectivity index (χ4n) is 3.76. The monoisotopic (exact) mass is 353 g/mol. The molecule has 138 valence electrons. The van der Waals surface area contributed by atoms with Gasteiger partial charge in [0.05, 0.1) is 5.56 Å². The fourth-order valence-corrected chi connectivity index (χ4v) is 3.76. The highest BCUT2D eigenvalue weighted by Crippen LogP contribution is 2.24. The standard InChI is InChI=1S/C21H27N3O2/c1-6-22-15(3)11-19(17(22)5)21(26)23-13-20(25)24(12-16(23)4)18-9-7-14(2)8-10-18/h7-11,16H,6,12-13H2,1-5H3/t16-/m0/s1. The van der Waals surface area contributed by atoms with Crippen molar-refractivity contribution < 1.29 is 9.59 Å². The van der Waals surface area contributed by atoms with Gasteiger partial charge in [0.2, 0.25) is 5.91 Å². The molecule has 0 N–H and O–H groups in total. The van der Waals surface area contributed by atoms with Crippen LogP contribution in [0.15, 0.2) is 30.3 Å². The average molecular weight is 353 g/mol. The normalized spacial score (nSPS) is 17.7. The minimum Gasteiger partial charge on any atom is -0.349 e. The molecule has 3 rings (SSSR count). The Hall–Kier alpha value is -2.56. The van der Waals surface area contributed by atoms with Crippen molar-refractivity contribution in [3.8, 4) is 0 Å². The third-order valence-electron chi connectivity index (χ3n) is 5.31. The minimum atomic E-state index is -0.0535. The van der Waals surface area contributed by atoms with Crippen LogP contribution in [-0.2, 0) is 11.3 Å². The topological polar surface area (TPSA) is 45.6 Å². The molecule has 0 radical (unpaired) electrons. The summed E-state index contributed by atoms with van der Waals surface area (Å²) in [7, 11) is 0. The Kier molecular flexibility index (Phi) is 4.90. The Bertz CT molecular complexity index is 836. The zero-order chi connectivity index (χ0) is 19.0. The molecule has 0 bridgehead atoms. The first kappa shape index (κ1) is 18.2. The van der Waals surface area contributed by atoms with Crippen LogP contribution in [0.2, 0.25) is 0 Å². The number of hydrogen-bond acceptors (Lipinski definition) is 2. The van der Waals surface area contributed by atoms with Crippen molar-refractivity contribution in [2.45, 2.75) is 47.2 Å². The van der Waals surface area contributed by atoms with Crippen LogP contribution in [0.3, 0.4) is 0 Å². The summed E-state index contributed by atoms with van der Waals surface area (Å²) in [5, 5.41) is 0. The van der Waals surface area contributed by atoms with Crippen molar-refractivity contribution in [1.82, 2.24) is 9.47 Å². The Labute approximate surface area is 155 Å². The first-order valence-electron chi connectivity index (χ1n) is 9.18. The van der Waals surface area contributed by atoms with Crippen molar-refractivity contribution in [2.75, 3.05) is 18.0 Å². The van der Waals surface area contributed by atoms with Crippen LogP contribution < -0.4 is 4.90 Å². The second-order valence-corrected chi connectivity index (χ2v) is 7.15. The number of piperazine rings is 1. The summed E-state index contributed by atoms with van der Waals surface area (Å²) >= 11 is 0. The number of aromatic nitrogens is 1. The number of hydrogen-bond donors (Lipinski definition) is 0. The Morgan fingerprint density at radius 2 is 1.81 bits per heavy atom. The van der Waals surface area contributed by atoms with E-state index in [0.29, 0.717) is 12.1 Å². The molecule has 2 amide bonds. The molecule has 2 aromatic rings. The molecular formula is C21H27N3O2. The van der Waals surface area contributed by atoms with Crippen LogP contribution >= 0.6 is 0 Å². The van der Waals surface area contributed by atoms with E-state index in [0.717, 1.165) is 29.2 Å². The lowest BCUT2D eigenvalue weighted by Gasteiger charge is -2.39. The van der Waals surface area contributed by atoms with Crippen molar-refractivity contribution in [1.29, 1.82) is 0 Å². The van der Waals surface area contributed by atoms with Gasteiger partial charge in [-0.15, -0.1) is 0 Å². The second kappa shape index (κ2) is 6.98. The van der Waals surface area contributed by atoms with E-state index in [4.69, 9.17) is 0 Å². The van der Waals surface area contributed by atoms with Crippen LogP contribution in [0.1, 0.15) is 41.2 Å². The second-order valence-electron chi connectivity index (χ2n) is 7.15. The van der Waals surface area contributed by atoms with Gasteiger partial charge in [0, 0.05) is 36.2 Å². The molecule has 1 atom stereocenters. The highest BCUT2D eigenvalue weighted by molar-refractivity contribution is 6.02. The van der Waals surface area contributed by atoms with Crippen molar-refractivity contribution >= 4 is 17.5 Å². The van der Waals surface area contributed by atoms with Gasteiger partial charge in [-0.25, -0.2) is 0 Å². The molecule has 2 heterocycles. The molecule has 26 heavy (non-hydrogen) atoms. The Balaban J connectivity index is 1.82. The molecule has 1 aromatic heterocycles. The highest BCUT2D eigenvalue weighted by atomic mass is 16.2. The maximum atomic E-state index is 13.1. The van der Waals surface area contributed by atoms with Gasteiger partial charge in [-0.3, -0.25) is 9.59 Å². The zero-order valence-electron chi connectivity index (χ0n) is 16.2. The smallest absolute Gasteiger partial charge is 0.256 e. The van der Waals surface area contributed by atoms with Gasteiger partial charge in [0.1, 0.15) is 6.54 Å². The lowest BCUT2D eigenvalue weighted by Crippen LogP contribution is -2.57. The summed E-state index contributed by atoms with van der Waals surface area (Å²) < 4.78 is 2.13. The Morgan fingerprint density at radius 3 is 2.38 bits per heavy atom. The van der Waals surface area contributed by atoms with E-state index >= 15 is 0 Å². The molecule has 1 aliphatic heterocycles. The third-order valence-corrected chi connectivity index (χ3v) is 5.31. The average Bonchev–Trinajstić information content (AvgIpc) is 2.90. The molecule has 5 nitrogen and oxygen atoms in total. The summed E-state index contributed by atoms with van der Waals surface area (Å²) in [6.07, 6.45) is 0. The molecule has 5 heteroatoms. The molecule has 0 saturated carbocycles. The van der Waals surface area contributed by atoms with Crippen molar-refractivity contribution in [2.24, 2.45) is 0 Å². The molecular weight excluding hydrogens is 326 g/mol. The van der Waals surface area contributed by atoms with E-state index in [1.807, 2.05) is 58.0 Å². The van der Waals surface area contributed by atoms with Crippen LogP contribution in [-0.4, -0.2) is 40.4 Å². The number of benzene rings is 1. The summed E-state index contributed by atoms with van der Waals surface area (Å²) in [6, 6.07) is 9.84. The molecule has 1 saturated heterocycles. The first-order chi connectivity index (χ1) is 12.3. The third kappa shape index (κ3) is 3.14. The number of amides is 2. The van der Waals surface area contributed by atoms with E-state index in [1.165, 1.54) is 0 Å². The predicted octanol–water partition coefficient (Wildman–Crippen LogP) is 3.31. The number of nitrogens with zero attached hydrogens (tertiary/aromatic N) is 3. The number of carbonyl (C=O) groups is 2. The fraction of sp³-hybridized carbons (Fsp3) is 0.429. The van der Waals surface area contributed by atoms with Gasteiger partial charge in [-0.05, 0) is 52.8 Å². The maximum Gasteiger partial charge on any atom is 0.256 e. The van der Waals surface area contributed by atoms with Crippen LogP contribution in [0, 0.1) is 20.8 Å². The number of carbonyl (C=O) groups excluding carboxylic acids is 2. The molecule has 0 aliphatic carbocycles. The van der Waals surface area contributed by atoms with Gasteiger partial charge < -0.3 is 14.4 Å². The molecule has 1 fully saturated rings. The van der Waals surface area contributed by atoms with E-state index in [9.17, 15) is 9.59 Å². The summed E-state index contributed by atoms with van der Waals surface area (Å²) in [5.41, 5.74) is 4.80. The van der Waals surface area contributed by atoms with Crippen molar-refractivity contribution in [3.05, 3.63) is 52.8 Å². The number of rotatable bonds is 3. The molecule has 0 unspecified atom stereocenters. The summed E-state index contributed by atoms with van der Waals surface area (Å²) in [5.74, 6) is -0.0909. The van der Waals surface area contributed by atoms with Gasteiger partial charge in [-0.1, -0.05) is 17.7 Å².